The lowest BCUT2D eigenvalue weighted by molar-refractivity contribution is -0.120. The summed E-state index contributed by atoms with van der Waals surface area (Å²) in [5, 5.41) is 0. The first-order chi connectivity index (χ1) is 9.85. The van der Waals surface area contributed by atoms with Gasteiger partial charge in [-0.15, -0.1) is 0 Å². The zero-order valence-corrected chi connectivity index (χ0v) is 12.6. The molecule has 3 nitrogen and oxygen atoms in total. The number of Topliss-reactive ketones (excluding diaryl/α,β-unsaturated/α-hetero) is 1. The number of carbonyl (C=O) groups is 2. The highest BCUT2D eigenvalue weighted by Gasteiger charge is 2.43. The fourth-order valence-electron chi connectivity index (χ4n) is 3.18. The van der Waals surface area contributed by atoms with Gasteiger partial charge in [0.15, 0.2) is 0 Å². The van der Waals surface area contributed by atoms with Gasteiger partial charge in [-0.3, -0.25) is 4.79 Å². The SMILES string of the molecule is CC(C)(C)OC(=O)c1ccc(C2CC3C=CC2C3=O)cc1. The van der Waals surface area contributed by atoms with Gasteiger partial charge in [0.1, 0.15) is 11.4 Å². The molecule has 3 heteroatoms. The van der Waals surface area contributed by atoms with E-state index in [-0.39, 0.29) is 23.7 Å². The molecule has 0 heterocycles. The number of ether oxygens (including phenoxy) is 1. The molecule has 3 rings (SSSR count). The van der Waals surface area contributed by atoms with E-state index in [9.17, 15) is 9.59 Å². The van der Waals surface area contributed by atoms with E-state index in [1.165, 1.54) is 0 Å². The normalized spacial score (nSPS) is 27.2. The molecule has 0 aromatic heterocycles. The van der Waals surface area contributed by atoms with Crippen molar-refractivity contribution in [1.29, 1.82) is 0 Å². The van der Waals surface area contributed by atoms with Crippen LogP contribution in [0.4, 0.5) is 0 Å². The van der Waals surface area contributed by atoms with Crippen LogP contribution in [-0.2, 0) is 9.53 Å². The molecule has 2 bridgehead atoms. The van der Waals surface area contributed by atoms with E-state index in [1.807, 2.05) is 45.1 Å². The first kappa shape index (κ1) is 14.1. The largest absolute Gasteiger partial charge is 0.456 e. The first-order valence-corrected chi connectivity index (χ1v) is 7.40. The highest BCUT2D eigenvalue weighted by molar-refractivity contribution is 5.93. The minimum atomic E-state index is -0.489. The third kappa shape index (κ3) is 2.65. The third-order valence-corrected chi connectivity index (χ3v) is 4.16. The number of ketones is 1. The number of allylic oxidation sites excluding steroid dienone is 2. The van der Waals surface area contributed by atoms with Gasteiger partial charge in [-0.05, 0) is 50.8 Å². The van der Waals surface area contributed by atoms with E-state index in [2.05, 4.69) is 0 Å². The van der Waals surface area contributed by atoms with Gasteiger partial charge in [0.25, 0.3) is 0 Å². The van der Waals surface area contributed by atoms with Crippen LogP contribution in [0.25, 0.3) is 0 Å². The molecule has 0 N–H and O–H groups in total. The summed E-state index contributed by atoms with van der Waals surface area (Å²) in [6, 6.07) is 7.49. The number of benzene rings is 1. The van der Waals surface area contributed by atoms with Crippen molar-refractivity contribution in [2.45, 2.75) is 38.7 Å². The lowest BCUT2D eigenvalue weighted by Crippen LogP contribution is -2.23. The summed E-state index contributed by atoms with van der Waals surface area (Å²) in [6.45, 7) is 5.56. The summed E-state index contributed by atoms with van der Waals surface area (Å²) in [5.41, 5.74) is 1.20. The Morgan fingerprint density at radius 3 is 2.29 bits per heavy atom. The highest BCUT2D eigenvalue weighted by atomic mass is 16.6. The van der Waals surface area contributed by atoms with Crippen LogP contribution in [0.15, 0.2) is 36.4 Å². The Balaban J connectivity index is 1.75. The highest BCUT2D eigenvalue weighted by Crippen LogP contribution is 2.46. The summed E-state index contributed by atoms with van der Waals surface area (Å²) in [6.07, 6.45) is 4.95. The van der Waals surface area contributed by atoms with Crippen molar-refractivity contribution in [2.75, 3.05) is 0 Å². The topological polar surface area (TPSA) is 43.4 Å². The Kier molecular flexibility index (Phi) is 3.23. The molecule has 1 aromatic carbocycles. The molecule has 0 amide bonds. The molecule has 0 aliphatic heterocycles. The molecular formula is C18H20O3. The molecule has 1 fully saturated rings. The van der Waals surface area contributed by atoms with Crippen LogP contribution in [0.3, 0.4) is 0 Å². The molecule has 3 atom stereocenters. The quantitative estimate of drug-likeness (QED) is 0.616. The molecule has 1 aromatic rings. The molecule has 110 valence electrons. The van der Waals surface area contributed by atoms with Crippen molar-refractivity contribution in [3.63, 3.8) is 0 Å². The number of carbonyl (C=O) groups excluding carboxylic acids is 2. The molecule has 2 aliphatic rings. The molecule has 0 spiro atoms. The van der Waals surface area contributed by atoms with Gasteiger partial charge in [-0.2, -0.15) is 0 Å². The van der Waals surface area contributed by atoms with Gasteiger partial charge in [0.2, 0.25) is 0 Å². The maximum absolute atomic E-state index is 12.0. The molecular weight excluding hydrogens is 264 g/mol. The second-order valence-electron chi connectivity index (χ2n) is 6.89. The zero-order valence-electron chi connectivity index (χ0n) is 12.6. The predicted octanol–water partition coefficient (Wildman–Crippen LogP) is 3.50. The second-order valence-corrected chi connectivity index (χ2v) is 6.89. The number of fused-ring (bicyclic) bond motifs is 2. The molecule has 2 aliphatic carbocycles. The molecule has 21 heavy (non-hydrogen) atoms. The maximum Gasteiger partial charge on any atom is 0.338 e. The first-order valence-electron chi connectivity index (χ1n) is 7.40. The van der Waals surface area contributed by atoms with Crippen molar-refractivity contribution in [2.24, 2.45) is 11.8 Å². The Morgan fingerprint density at radius 2 is 1.81 bits per heavy atom. The van der Waals surface area contributed by atoms with Crippen LogP contribution in [-0.4, -0.2) is 17.4 Å². The average Bonchev–Trinajstić information content (AvgIpc) is 2.93. The van der Waals surface area contributed by atoms with Crippen molar-refractivity contribution < 1.29 is 14.3 Å². The van der Waals surface area contributed by atoms with Crippen LogP contribution < -0.4 is 0 Å². The van der Waals surface area contributed by atoms with Crippen LogP contribution in [0.2, 0.25) is 0 Å². The van der Waals surface area contributed by atoms with Gasteiger partial charge in [-0.25, -0.2) is 4.79 Å². The van der Waals surface area contributed by atoms with E-state index in [4.69, 9.17) is 4.74 Å². The van der Waals surface area contributed by atoms with E-state index in [0.29, 0.717) is 11.3 Å². The number of hydrogen-bond acceptors (Lipinski definition) is 3. The predicted molar refractivity (Wildman–Crippen MR) is 80.1 cm³/mol. The standard InChI is InChI=1S/C18H20O3/c1-18(2,3)21-17(20)12-6-4-11(5-7-12)15-10-13-8-9-14(15)16(13)19/h4-9,13-15H,10H2,1-3H3. The van der Waals surface area contributed by atoms with Crippen molar-refractivity contribution in [1.82, 2.24) is 0 Å². The monoisotopic (exact) mass is 284 g/mol. The minimum Gasteiger partial charge on any atom is -0.456 e. The Hall–Kier alpha value is -1.90. The zero-order chi connectivity index (χ0) is 15.2. The third-order valence-electron chi connectivity index (χ3n) is 4.16. The fourth-order valence-corrected chi connectivity index (χ4v) is 3.18. The summed E-state index contributed by atoms with van der Waals surface area (Å²) >= 11 is 0. The van der Waals surface area contributed by atoms with Crippen LogP contribution in [0.5, 0.6) is 0 Å². The van der Waals surface area contributed by atoms with Crippen LogP contribution >= 0.6 is 0 Å². The van der Waals surface area contributed by atoms with Gasteiger partial charge in [0.05, 0.1) is 5.56 Å². The molecule has 0 saturated heterocycles. The number of esters is 1. The lowest BCUT2D eigenvalue weighted by Gasteiger charge is -2.20. The van der Waals surface area contributed by atoms with Crippen molar-refractivity contribution in [3.8, 4) is 0 Å². The van der Waals surface area contributed by atoms with Crippen LogP contribution in [0, 0.1) is 11.8 Å². The smallest absolute Gasteiger partial charge is 0.338 e. The van der Waals surface area contributed by atoms with Gasteiger partial charge in [-0.1, -0.05) is 24.3 Å². The Morgan fingerprint density at radius 1 is 1.14 bits per heavy atom. The average molecular weight is 284 g/mol. The summed E-state index contributed by atoms with van der Waals surface area (Å²) in [4.78, 5) is 23.9. The van der Waals surface area contributed by atoms with E-state index >= 15 is 0 Å². The van der Waals surface area contributed by atoms with Crippen molar-refractivity contribution in [3.05, 3.63) is 47.5 Å². The molecule has 1 saturated carbocycles. The summed E-state index contributed by atoms with van der Waals surface area (Å²) < 4.78 is 5.35. The van der Waals surface area contributed by atoms with Gasteiger partial charge in [0, 0.05) is 11.8 Å². The second kappa shape index (κ2) is 4.83. The number of hydrogen-bond donors (Lipinski definition) is 0. The lowest BCUT2D eigenvalue weighted by atomic mass is 9.86. The fraction of sp³-hybridized carbons (Fsp3) is 0.444. The number of rotatable bonds is 2. The van der Waals surface area contributed by atoms with E-state index in [1.54, 1.807) is 12.1 Å². The van der Waals surface area contributed by atoms with E-state index < -0.39 is 5.60 Å². The minimum absolute atomic E-state index is 0.0300. The molecule has 3 unspecified atom stereocenters. The van der Waals surface area contributed by atoms with Gasteiger partial charge >= 0.3 is 5.97 Å². The molecule has 0 radical (unpaired) electrons. The Bertz CT molecular complexity index is 604. The summed E-state index contributed by atoms with van der Waals surface area (Å²) in [5.74, 6) is 0.433. The van der Waals surface area contributed by atoms with E-state index in [0.717, 1.165) is 12.0 Å². The van der Waals surface area contributed by atoms with Crippen molar-refractivity contribution >= 4 is 11.8 Å². The van der Waals surface area contributed by atoms with Gasteiger partial charge < -0.3 is 4.74 Å². The Labute approximate surface area is 125 Å². The van der Waals surface area contributed by atoms with Crippen LogP contribution in [0.1, 0.15) is 49.0 Å². The maximum atomic E-state index is 12.0. The summed E-state index contributed by atoms with van der Waals surface area (Å²) in [7, 11) is 0.